The van der Waals surface area contributed by atoms with Crippen molar-refractivity contribution in [1.29, 1.82) is 26.3 Å². The number of hydrogen-bond acceptors (Lipinski definition) is 5. The minimum atomic E-state index is -1.29. The van der Waals surface area contributed by atoms with E-state index >= 15 is 0 Å². The molecule has 0 fully saturated rings. The van der Waals surface area contributed by atoms with Crippen LogP contribution in [0.5, 0.6) is 0 Å². The summed E-state index contributed by atoms with van der Waals surface area (Å²) >= 11 is 0. The SMILES string of the molecule is N#CCCC(C#N)CC(C#N)(C#N)CCC#N. The summed E-state index contributed by atoms with van der Waals surface area (Å²) < 4.78 is 0. The lowest BCUT2D eigenvalue weighted by atomic mass is 9.77. The van der Waals surface area contributed by atoms with Crippen LogP contribution in [-0.2, 0) is 0 Å². The normalized spacial score (nSPS) is 11.0. The van der Waals surface area contributed by atoms with E-state index in [1.54, 1.807) is 0 Å². The zero-order chi connectivity index (χ0) is 13.1. The van der Waals surface area contributed by atoms with Crippen LogP contribution in [0.25, 0.3) is 0 Å². The van der Waals surface area contributed by atoms with Gasteiger partial charge in [-0.2, -0.15) is 26.3 Å². The molecule has 0 aromatic rings. The average molecular weight is 225 g/mol. The third-order valence-corrected chi connectivity index (χ3v) is 2.47. The summed E-state index contributed by atoms with van der Waals surface area (Å²) in [5.74, 6) is -0.493. The maximum absolute atomic E-state index is 9.02. The molecule has 0 heterocycles. The fraction of sp³-hybridized carbons (Fsp3) is 0.583. The van der Waals surface area contributed by atoms with Crippen LogP contribution in [0, 0.1) is 68.0 Å². The van der Waals surface area contributed by atoms with Crippen LogP contribution in [-0.4, -0.2) is 0 Å². The first-order chi connectivity index (χ1) is 8.17. The summed E-state index contributed by atoms with van der Waals surface area (Å²) in [5.41, 5.74) is -1.29. The Morgan fingerprint density at radius 3 is 1.88 bits per heavy atom. The Morgan fingerprint density at radius 1 is 0.882 bits per heavy atom. The van der Waals surface area contributed by atoms with Crippen molar-refractivity contribution in [1.82, 2.24) is 0 Å². The Bertz CT molecular complexity index is 432. The Balaban J connectivity index is 4.72. The van der Waals surface area contributed by atoms with Crippen molar-refractivity contribution in [2.75, 3.05) is 0 Å². The minimum Gasteiger partial charge on any atom is -0.198 e. The summed E-state index contributed by atoms with van der Waals surface area (Å²) in [6.07, 6.45) is 0.923. The highest BCUT2D eigenvalue weighted by molar-refractivity contribution is 5.16. The van der Waals surface area contributed by atoms with Crippen molar-refractivity contribution in [3.63, 3.8) is 0 Å². The van der Waals surface area contributed by atoms with Gasteiger partial charge in [0.15, 0.2) is 0 Å². The molecule has 0 aliphatic carbocycles. The Hall–Kier alpha value is -2.55. The van der Waals surface area contributed by atoms with E-state index in [2.05, 4.69) is 0 Å². The van der Waals surface area contributed by atoms with E-state index in [9.17, 15) is 0 Å². The fourth-order valence-corrected chi connectivity index (χ4v) is 1.47. The van der Waals surface area contributed by atoms with Crippen LogP contribution >= 0.6 is 0 Å². The Kier molecular flexibility index (Phi) is 6.55. The Labute approximate surface area is 101 Å². The lowest BCUT2D eigenvalue weighted by Gasteiger charge is -2.19. The number of nitrogens with zero attached hydrogens (tertiary/aromatic N) is 5. The maximum atomic E-state index is 9.02. The van der Waals surface area contributed by atoms with E-state index in [1.807, 2.05) is 30.3 Å². The number of nitriles is 5. The van der Waals surface area contributed by atoms with Crippen molar-refractivity contribution >= 4 is 0 Å². The molecule has 5 heteroatoms. The molecular formula is C12H11N5. The summed E-state index contributed by atoms with van der Waals surface area (Å²) in [6, 6.07) is 9.61. The fourth-order valence-electron chi connectivity index (χ4n) is 1.47. The standard InChI is InChI=1S/C12H11N5/c13-5-1-3-11(8-15)7-12(9-16,10-17)4-2-6-14/h11H,1-4,7H2. The van der Waals surface area contributed by atoms with E-state index in [4.69, 9.17) is 26.3 Å². The van der Waals surface area contributed by atoms with Crippen LogP contribution in [0.2, 0.25) is 0 Å². The molecule has 0 radical (unpaired) electrons. The maximum Gasteiger partial charge on any atom is 0.146 e. The molecule has 0 saturated heterocycles. The molecule has 0 aliphatic heterocycles. The molecular weight excluding hydrogens is 214 g/mol. The van der Waals surface area contributed by atoms with Crippen LogP contribution < -0.4 is 0 Å². The van der Waals surface area contributed by atoms with Gasteiger partial charge in [-0.1, -0.05) is 0 Å². The Morgan fingerprint density at radius 2 is 1.47 bits per heavy atom. The van der Waals surface area contributed by atoms with Gasteiger partial charge in [0.1, 0.15) is 5.41 Å². The second kappa shape index (κ2) is 7.70. The summed E-state index contributed by atoms with van der Waals surface area (Å²) in [7, 11) is 0. The first-order valence-corrected chi connectivity index (χ1v) is 5.14. The molecule has 0 rings (SSSR count). The summed E-state index contributed by atoms with van der Waals surface area (Å²) in [5, 5.41) is 43.8. The summed E-state index contributed by atoms with van der Waals surface area (Å²) in [4.78, 5) is 0. The minimum absolute atomic E-state index is 0.0971. The molecule has 17 heavy (non-hydrogen) atoms. The summed E-state index contributed by atoms with van der Waals surface area (Å²) in [6.45, 7) is 0. The molecule has 5 nitrogen and oxygen atoms in total. The average Bonchev–Trinajstić information content (AvgIpc) is 2.39. The molecule has 0 saturated carbocycles. The molecule has 84 valence electrons. The molecule has 0 amide bonds. The molecule has 0 spiro atoms. The van der Waals surface area contributed by atoms with Gasteiger partial charge in [0.05, 0.1) is 30.3 Å². The first-order valence-electron chi connectivity index (χ1n) is 5.14. The van der Waals surface area contributed by atoms with Crippen molar-refractivity contribution in [3.8, 4) is 30.3 Å². The van der Waals surface area contributed by atoms with Gasteiger partial charge in [-0.25, -0.2) is 0 Å². The van der Waals surface area contributed by atoms with Gasteiger partial charge in [-0.15, -0.1) is 0 Å². The van der Waals surface area contributed by atoms with Crippen LogP contribution in [0.1, 0.15) is 32.1 Å². The first kappa shape index (κ1) is 14.5. The zero-order valence-electron chi connectivity index (χ0n) is 9.35. The quantitative estimate of drug-likeness (QED) is 0.685. The molecule has 0 bridgehead atoms. The van der Waals surface area contributed by atoms with Crippen molar-refractivity contribution < 1.29 is 0 Å². The van der Waals surface area contributed by atoms with Crippen LogP contribution in [0.4, 0.5) is 0 Å². The lowest BCUT2D eigenvalue weighted by molar-refractivity contribution is 0.377. The molecule has 0 aromatic heterocycles. The van der Waals surface area contributed by atoms with Gasteiger partial charge < -0.3 is 0 Å². The second-order valence-corrected chi connectivity index (χ2v) is 3.69. The molecule has 1 unspecified atom stereocenters. The number of hydrogen-bond donors (Lipinski definition) is 0. The second-order valence-electron chi connectivity index (χ2n) is 3.69. The van der Waals surface area contributed by atoms with E-state index in [0.29, 0.717) is 6.42 Å². The van der Waals surface area contributed by atoms with Crippen molar-refractivity contribution in [2.45, 2.75) is 32.1 Å². The predicted molar refractivity (Wildman–Crippen MR) is 57.1 cm³/mol. The third-order valence-electron chi connectivity index (χ3n) is 2.47. The van der Waals surface area contributed by atoms with Crippen LogP contribution in [0.15, 0.2) is 0 Å². The van der Waals surface area contributed by atoms with Crippen molar-refractivity contribution in [2.24, 2.45) is 11.3 Å². The molecule has 0 aromatic carbocycles. The van der Waals surface area contributed by atoms with E-state index < -0.39 is 11.3 Å². The van der Waals surface area contributed by atoms with E-state index in [-0.39, 0.29) is 25.7 Å². The van der Waals surface area contributed by atoms with Crippen molar-refractivity contribution in [3.05, 3.63) is 0 Å². The predicted octanol–water partition coefficient (Wildman–Crippen LogP) is 2.16. The smallest absolute Gasteiger partial charge is 0.146 e. The van der Waals surface area contributed by atoms with Gasteiger partial charge >= 0.3 is 0 Å². The zero-order valence-corrected chi connectivity index (χ0v) is 9.35. The third kappa shape index (κ3) is 4.66. The van der Waals surface area contributed by atoms with Gasteiger partial charge in [0, 0.05) is 18.8 Å². The highest BCUT2D eigenvalue weighted by atomic mass is 14.4. The molecule has 1 atom stereocenters. The molecule has 0 aliphatic rings. The molecule has 0 N–H and O–H groups in total. The van der Waals surface area contributed by atoms with Gasteiger partial charge in [-0.05, 0) is 19.3 Å². The largest absolute Gasteiger partial charge is 0.198 e. The van der Waals surface area contributed by atoms with E-state index in [1.165, 1.54) is 0 Å². The number of rotatable bonds is 6. The monoisotopic (exact) mass is 225 g/mol. The van der Waals surface area contributed by atoms with Gasteiger partial charge in [0.2, 0.25) is 0 Å². The van der Waals surface area contributed by atoms with Crippen LogP contribution in [0.3, 0.4) is 0 Å². The van der Waals surface area contributed by atoms with E-state index in [0.717, 1.165) is 0 Å². The lowest BCUT2D eigenvalue weighted by Crippen LogP contribution is -2.20. The highest BCUT2D eigenvalue weighted by Crippen LogP contribution is 2.32. The van der Waals surface area contributed by atoms with Gasteiger partial charge in [-0.3, -0.25) is 0 Å². The highest BCUT2D eigenvalue weighted by Gasteiger charge is 2.33. The topological polar surface area (TPSA) is 119 Å². The van der Waals surface area contributed by atoms with Gasteiger partial charge in [0.25, 0.3) is 0 Å².